The lowest BCUT2D eigenvalue weighted by molar-refractivity contribution is -0.358. The van der Waals surface area contributed by atoms with Gasteiger partial charge in [-0.25, -0.2) is 0 Å². The Morgan fingerprint density at radius 1 is 0.760 bits per heavy atom. The van der Waals surface area contributed by atoms with E-state index in [2.05, 4.69) is 0 Å². The number of rotatable bonds is 6. The Labute approximate surface area is 144 Å². The van der Waals surface area contributed by atoms with Crippen molar-refractivity contribution in [2.24, 2.45) is 0 Å². The van der Waals surface area contributed by atoms with Gasteiger partial charge in [0.15, 0.2) is 12.6 Å². The third-order valence-corrected chi connectivity index (χ3v) is 4.34. The van der Waals surface area contributed by atoms with E-state index in [0.29, 0.717) is 0 Å². The Morgan fingerprint density at radius 3 is 1.96 bits per heavy atom. The zero-order chi connectivity index (χ0) is 18.7. The van der Waals surface area contributed by atoms with Crippen molar-refractivity contribution in [3.8, 4) is 0 Å². The summed E-state index contributed by atoms with van der Waals surface area (Å²) in [5.74, 6) is 0. The predicted molar refractivity (Wildman–Crippen MR) is 78.2 cm³/mol. The van der Waals surface area contributed by atoms with Gasteiger partial charge in [-0.1, -0.05) is 0 Å². The first-order chi connectivity index (χ1) is 11.8. The average molecular weight is 370 g/mol. The molecule has 2 saturated heterocycles. The molecule has 0 saturated carbocycles. The Morgan fingerprint density at radius 2 is 1.40 bits per heavy atom. The number of aliphatic hydroxyl groups is 6. The second-order valence-electron chi connectivity index (χ2n) is 6.01. The van der Waals surface area contributed by atoms with E-state index in [4.69, 9.17) is 23.7 Å². The number of aliphatic hydroxyl groups excluding tert-OH is 6. The van der Waals surface area contributed by atoms with E-state index >= 15 is 0 Å². The SMILES string of the molecule is COCC1O[C@H](OC)C(O)[C@@H](O[C@H]2OC(CO)[C@@H](O)[C@H](O)C2O)[C@@H]1O. The Balaban J connectivity index is 2.14. The topological polar surface area (TPSA) is 168 Å². The molecule has 0 aromatic heterocycles. The highest BCUT2D eigenvalue weighted by Crippen LogP contribution is 2.29. The largest absolute Gasteiger partial charge is 0.394 e. The van der Waals surface area contributed by atoms with E-state index < -0.39 is 68.0 Å². The van der Waals surface area contributed by atoms with Crippen LogP contribution >= 0.6 is 0 Å². The van der Waals surface area contributed by atoms with Gasteiger partial charge >= 0.3 is 0 Å². The van der Waals surface area contributed by atoms with Crippen LogP contribution in [0.4, 0.5) is 0 Å². The van der Waals surface area contributed by atoms with Crippen molar-refractivity contribution in [1.82, 2.24) is 0 Å². The van der Waals surface area contributed by atoms with Crippen LogP contribution in [-0.2, 0) is 23.7 Å². The molecule has 2 rings (SSSR count). The fraction of sp³-hybridized carbons (Fsp3) is 1.00. The molecule has 10 atom stereocenters. The van der Waals surface area contributed by atoms with Crippen LogP contribution in [0.15, 0.2) is 0 Å². The van der Waals surface area contributed by atoms with Gasteiger partial charge in [0, 0.05) is 14.2 Å². The van der Waals surface area contributed by atoms with Gasteiger partial charge in [-0.15, -0.1) is 0 Å². The number of hydrogen-bond acceptors (Lipinski definition) is 11. The summed E-state index contributed by atoms with van der Waals surface area (Å²) >= 11 is 0. The molecular formula is C14H26O11. The van der Waals surface area contributed by atoms with Gasteiger partial charge in [0.25, 0.3) is 0 Å². The van der Waals surface area contributed by atoms with Crippen LogP contribution in [0.1, 0.15) is 0 Å². The van der Waals surface area contributed by atoms with Crippen LogP contribution < -0.4 is 0 Å². The fourth-order valence-electron chi connectivity index (χ4n) is 2.89. The highest BCUT2D eigenvalue weighted by atomic mass is 16.7. The molecule has 148 valence electrons. The standard InChI is InChI=1S/C14H26O11/c1-21-4-6-8(17)12(11(20)13(22-2)24-6)25-14-10(19)9(18)7(16)5(3-15)23-14/h5-20H,3-4H2,1-2H3/t5?,6?,7-,8-,9+,10?,11?,12+,13+,14-/m1/s1. The maximum absolute atomic E-state index is 10.4. The zero-order valence-corrected chi connectivity index (χ0v) is 13.9. The molecule has 0 aromatic carbocycles. The minimum Gasteiger partial charge on any atom is -0.394 e. The summed E-state index contributed by atoms with van der Waals surface area (Å²) < 4.78 is 26.0. The third-order valence-electron chi connectivity index (χ3n) is 4.34. The molecule has 0 aromatic rings. The summed E-state index contributed by atoms with van der Waals surface area (Å²) in [7, 11) is 2.69. The van der Waals surface area contributed by atoms with Crippen LogP contribution in [0.25, 0.3) is 0 Å². The number of hydrogen-bond donors (Lipinski definition) is 6. The molecule has 0 radical (unpaired) electrons. The normalized spacial score (nSPS) is 48.5. The highest BCUT2D eigenvalue weighted by Gasteiger charge is 2.50. The molecule has 2 heterocycles. The smallest absolute Gasteiger partial charge is 0.187 e. The van der Waals surface area contributed by atoms with Crippen molar-refractivity contribution in [3.63, 3.8) is 0 Å². The molecule has 0 amide bonds. The monoisotopic (exact) mass is 370 g/mol. The van der Waals surface area contributed by atoms with Gasteiger partial charge < -0.3 is 54.3 Å². The van der Waals surface area contributed by atoms with Gasteiger partial charge in [0.05, 0.1) is 13.2 Å². The molecule has 2 aliphatic rings. The Bertz CT molecular complexity index is 408. The first kappa shape index (κ1) is 20.9. The van der Waals surface area contributed by atoms with Crippen LogP contribution in [0, 0.1) is 0 Å². The maximum atomic E-state index is 10.4. The van der Waals surface area contributed by atoms with Crippen LogP contribution in [-0.4, -0.2) is 119 Å². The van der Waals surface area contributed by atoms with Crippen molar-refractivity contribution < 1.29 is 54.3 Å². The summed E-state index contributed by atoms with van der Waals surface area (Å²) in [6.07, 6.45) is -13.6. The first-order valence-electron chi connectivity index (χ1n) is 7.85. The minimum atomic E-state index is -1.66. The van der Waals surface area contributed by atoms with Crippen LogP contribution in [0.3, 0.4) is 0 Å². The second-order valence-corrected chi connectivity index (χ2v) is 6.01. The average Bonchev–Trinajstić information content (AvgIpc) is 2.60. The Hall–Kier alpha value is -0.440. The van der Waals surface area contributed by atoms with E-state index in [9.17, 15) is 30.6 Å². The second kappa shape index (κ2) is 8.97. The van der Waals surface area contributed by atoms with E-state index in [1.54, 1.807) is 0 Å². The molecule has 2 fully saturated rings. The number of methoxy groups -OCH3 is 2. The molecule has 11 heteroatoms. The summed E-state index contributed by atoms with van der Waals surface area (Å²) in [6, 6.07) is 0. The molecular weight excluding hydrogens is 344 g/mol. The molecule has 25 heavy (non-hydrogen) atoms. The minimum absolute atomic E-state index is 0.0116. The zero-order valence-electron chi connectivity index (χ0n) is 13.9. The van der Waals surface area contributed by atoms with E-state index in [1.807, 2.05) is 0 Å². The van der Waals surface area contributed by atoms with Gasteiger partial charge in [0.1, 0.15) is 48.8 Å². The van der Waals surface area contributed by atoms with Crippen molar-refractivity contribution >= 4 is 0 Å². The number of ether oxygens (including phenoxy) is 5. The van der Waals surface area contributed by atoms with Crippen molar-refractivity contribution in [2.75, 3.05) is 27.4 Å². The summed E-state index contributed by atoms with van der Waals surface area (Å²) in [5.41, 5.74) is 0. The first-order valence-corrected chi connectivity index (χ1v) is 7.85. The van der Waals surface area contributed by atoms with Gasteiger partial charge in [0.2, 0.25) is 0 Å². The van der Waals surface area contributed by atoms with Crippen molar-refractivity contribution in [2.45, 2.75) is 61.4 Å². The summed E-state index contributed by atoms with van der Waals surface area (Å²) in [6.45, 7) is -0.640. The molecule has 2 aliphatic heterocycles. The molecule has 0 aliphatic carbocycles. The molecule has 11 nitrogen and oxygen atoms in total. The molecule has 4 unspecified atom stereocenters. The van der Waals surface area contributed by atoms with Gasteiger partial charge in [-0.3, -0.25) is 0 Å². The van der Waals surface area contributed by atoms with Gasteiger partial charge in [-0.2, -0.15) is 0 Å². The van der Waals surface area contributed by atoms with E-state index in [1.165, 1.54) is 14.2 Å². The van der Waals surface area contributed by atoms with E-state index in [-0.39, 0.29) is 6.61 Å². The van der Waals surface area contributed by atoms with Gasteiger partial charge in [-0.05, 0) is 0 Å². The van der Waals surface area contributed by atoms with Crippen molar-refractivity contribution in [3.05, 3.63) is 0 Å². The maximum Gasteiger partial charge on any atom is 0.187 e. The quantitative estimate of drug-likeness (QED) is 0.269. The van der Waals surface area contributed by atoms with E-state index in [0.717, 1.165) is 0 Å². The lowest BCUT2D eigenvalue weighted by Crippen LogP contribution is -2.64. The van der Waals surface area contributed by atoms with Crippen LogP contribution in [0.5, 0.6) is 0 Å². The summed E-state index contributed by atoms with van der Waals surface area (Å²) in [5, 5.41) is 59.4. The lowest BCUT2D eigenvalue weighted by Gasteiger charge is -2.45. The fourth-order valence-corrected chi connectivity index (χ4v) is 2.89. The lowest BCUT2D eigenvalue weighted by atomic mass is 9.97. The predicted octanol–water partition coefficient (Wildman–Crippen LogP) is -4.09. The summed E-state index contributed by atoms with van der Waals surface area (Å²) in [4.78, 5) is 0. The molecule has 6 N–H and O–H groups in total. The van der Waals surface area contributed by atoms with Crippen molar-refractivity contribution in [1.29, 1.82) is 0 Å². The van der Waals surface area contributed by atoms with Crippen LogP contribution in [0.2, 0.25) is 0 Å². The third kappa shape index (κ3) is 4.28. The molecule has 0 spiro atoms. The Kier molecular flexibility index (Phi) is 7.49. The molecule has 0 bridgehead atoms. The highest BCUT2D eigenvalue weighted by molar-refractivity contribution is 4.94.